The van der Waals surface area contributed by atoms with Crippen LogP contribution < -0.4 is 0 Å². The quantitative estimate of drug-likeness (QED) is 0.724. The Kier molecular flexibility index (Phi) is 2.39. The highest BCUT2D eigenvalue weighted by Gasteiger charge is 2.04. The molecule has 0 aliphatic heterocycles. The Morgan fingerprint density at radius 3 is 3.00 bits per heavy atom. The van der Waals surface area contributed by atoms with Gasteiger partial charge in [-0.2, -0.15) is 0 Å². The van der Waals surface area contributed by atoms with Gasteiger partial charge in [-0.15, -0.1) is 11.3 Å². The summed E-state index contributed by atoms with van der Waals surface area (Å²) in [5.74, 6) is 0. The molecule has 1 nitrogen and oxygen atoms in total. The number of aromatic nitrogens is 1. The lowest BCUT2D eigenvalue weighted by molar-refractivity contribution is 1.31. The van der Waals surface area contributed by atoms with Gasteiger partial charge in [0.25, 0.3) is 0 Å². The van der Waals surface area contributed by atoms with Gasteiger partial charge in [-0.3, -0.25) is 0 Å². The van der Waals surface area contributed by atoms with Gasteiger partial charge in [0.05, 0.1) is 10.2 Å². The second kappa shape index (κ2) is 3.36. The molecule has 2 aromatic rings. The Morgan fingerprint density at radius 2 is 2.33 bits per heavy atom. The standard InChI is InChI=1S/C8H6BrNS2/c1-11-8-10-6-4-2-3-5(9)7(6)12-8/h2-4H,1H3. The van der Waals surface area contributed by atoms with E-state index in [4.69, 9.17) is 0 Å². The Labute approximate surface area is 87.3 Å². The summed E-state index contributed by atoms with van der Waals surface area (Å²) in [5.41, 5.74) is 1.08. The van der Waals surface area contributed by atoms with Gasteiger partial charge in [-0.1, -0.05) is 17.8 Å². The zero-order valence-corrected chi connectivity index (χ0v) is 9.59. The van der Waals surface area contributed by atoms with E-state index in [-0.39, 0.29) is 0 Å². The molecule has 0 spiro atoms. The summed E-state index contributed by atoms with van der Waals surface area (Å²) >= 11 is 6.92. The monoisotopic (exact) mass is 259 g/mol. The summed E-state index contributed by atoms with van der Waals surface area (Å²) in [6, 6.07) is 6.09. The van der Waals surface area contributed by atoms with Gasteiger partial charge in [-0.25, -0.2) is 4.98 Å². The molecule has 0 N–H and O–H groups in total. The molecule has 0 fully saturated rings. The maximum atomic E-state index is 4.44. The Balaban J connectivity index is 2.74. The van der Waals surface area contributed by atoms with Gasteiger partial charge < -0.3 is 0 Å². The van der Waals surface area contributed by atoms with Gasteiger partial charge in [0.15, 0.2) is 4.34 Å². The van der Waals surface area contributed by atoms with Crippen LogP contribution in [0.15, 0.2) is 27.0 Å². The van der Waals surface area contributed by atoms with Crippen molar-refractivity contribution in [1.29, 1.82) is 0 Å². The van der Waals surface area contributed by atoms with Crippen molar-refractivity contribution in [3.63, 3.8) is 0 Å². The van der Waals surface area contributed by atoms with E-state index in [0.717, 1.165) is 14.3 Å². The summed E-state index contributed by atoms with van der Waals surface area (Å²) in [7, 11) is 0. The Bertz CT molecular complexity index is 410. The number of rotatable bonds is 1. The third-order valence-electron chi connectivity index (χ3n) is 1.52. The smallest absolute Gasteiger partial charge is 0.150 e. The first kappa shape index (κ1) is 8.53. The largest absolute Gasteiger partial charge is 0.230 e. The minimum Gasteiger partial charge on any atom is -0.230 e. The normalized spacial score (nSPS) is 10.8. The molecule has 2 rings (SSSR count). The van der Waals surface area contributed by atoms with E-state index >= 15 is 0 Å². The van der Waals surface area contributed by atoms with Gasteiger partial charge in [0.1, 0.15) is 0 Å². The molecule has 0 aliphatic rings. The number of nitrogens with zero attached hydrogens (tertiary/aromatic N) is 1. The van der Waals surface area contributed by atoms with E-state index < -0.39 is 0 Å². The Morgan fingerprint density at radius 1 is 1.50 bits per heavy atom. The fourth-order valence-electron chi connectivity index (χ4n) is 0.982. The third-order valence-corrected chi connectivity index (χ3v) is 4.53. The molecule has 0 radical (unpaired) electrons. The maximum Gasteiger partial charge on any atom is 0.150 e. The highest BCUT2D eigenvalue weighted by atomic mass is 79.9. The van der Waals surface area contributed by atoms with Gasteiger partial charge in [0.2, 0.25) is 0 Å². The predicted molar refractivity (Wildman–Crippen MR) is 59.1 cm³/mol. The van der Waals surface area contributed by atoms with Crippen molar-refractivity contribution >= 4 is 49.2 Å². The third kappa shape index (κ3) is 1.39. The number of benzene rings is 1. The number of hydrogen-bond donors (Lipinski definition) is 0. The van der Waals surface area contributed by atoms with Crippen LogP contribution in [-0.2, 0) is 0 Å². The molecular weight excluding hydrogens is 254 g/mol. The van der Waals surface area contributed by atoms with Crippen LogP contribution in [0.4, 0.5) is 0 Å². The average molecular weight is 260 g/mol. The zero-order chi connectivity index (χ0) is 8.55. The van der Waals surface area contributed by atoms with Crippen LogP contribution >= 0.6 is 39.0 Å². The molecule has 0 unspecified atom stereocenters. The molecule has 1 aromatic heterocycles. The molecule has 62 valence electrons. The van der Waals surface area contributed by atoms with Gasteiger partial charge >= 0.3 is 0 Å². The number of thioether (sulfide) groups is 1. The minimum absolute atomic E-state index is 1.08. The molecule has 1 aromatic carbocycles. The molecule has 0 amide bonds. The Hall–Kier alpha value is -0.0600. The summed E-state index contributed by atoms with van der Waals surface area (Å²) < 4.78 is 3.50. The number of thiazole rings is 1. The topological polar surface area (TPSA) is 12.9 Å². The lowest BCUT2D eigenvalue weighted by atomic mass is 10.3. The van der Waals surface area contributed by atoms with Crippen LogP contribution in [0, 0.1) is 0 Å². The molecular formula is C8H6BrNS2. The molecule has 4 heteroatoms. The van der Waals surface area contributed by atoms with E-state index in [1.807, 2.05) is 24.5 Å². The molecule has 12 heavy (non-hydrogen) atoms. The van der Waals surface area contributed by atoms with Crippen molar-refractivity contribution < 1.29 is 0 Å². The second-order valence-electron chi connectivity index (χ2n) is 2.27. The van der Waals surface area contributed by atoms with E-state index in [2.05, 4.69) is 20.9 Å². The fraction of sp³-hybridized carbons (Fsp3) is 0.125. The predicted octanol–water partition coefficient (Wildman–Crippen LogP) is 3.78. The molecule has 0 bridgehead atoms. The molecule has 0 aliphatic carbocycles. The van der Waals surface area contributed by atoms with E-state index in [9.17, 15) is 0 Å². The van der Waals surface area contributed by atoms with Crippen molar-refractivity contribution in [2.45, 2.75) is 4.34 Å². The first-order chi connectivity index (χ1) is 5.81. The molecule has 0 saturated carbocycles. The van der Waals surface area contributed by atoms with Crippen LogP contribution in [-0.4, -0.2) is 11.2 Å². The number of hydrogen-bond acceptors (Lipinski definition) is 3. The fourth-order valence-corrected chi connectivity index (χ4v) is 3.06. The lowest BCUT2D eigenvalue weighted by Crippen LogP contribution is -1.67. The molecule has 0 saturated heterocycles. The highest BCUT2D eigenvalue weighted by molar-refractivity contribution is 9.10. The van der Waals surface area contributed by atoms with Crippen molar-refractivity contribution in [3.05, 3.63) is 22.7 Å². The number of fused-ring (bicyclic) bond motifs is 1. The van der Waals surface area contributed by atoms with Crippen molar-refractivity contribution in [2.24, 2.45) is 0 Å². The SMILES string of the molecule is CSc1nc2cccc(Br)c2s1. The van der Waals surface area contributed by atoms with Crippen LogP contribution in [0.3, 0.4) is 0 Å². The van der Waals surface area contributed by atoms with Crippen LogP contribution in [0.5, 0.6) is 0 Å². The highest BCUT2D eigenvalue weighted by Crippen LogP contribution is 2.32. The van der Waals surface area contributed by atoms with Crippen molar-refractivity contribution in [1.82, 2.24) is 4.98 Å². The second-order valence-corrected chi connectivity index (χ2v) is 5.18. The summed E-state index contributed by atoms with van der Waals surface area (Å²) in [6.45, 7) is 0. The van der Waals surface area contributed by atoms with Crippen LogP contribution in [0.2, 0.25) is 0 Å². The first-order valence-corrected chi connectivity index (χ1v) is 6.24. The number of halogens is 1. The van der Waals surface area contributed by atoms with Gasteiger partial charge in [-0.05, 0) is 34.3 Å². The lowest BCUT2D eigenvalue weighted by Gasteiger charge is -1.88. The first-order valence-electron chi connectivity index (χ1n) is 3.40. The molecule has 0 atom stereocenters. The summed E-state index contributed by atoms with van der Waals surface area (Å²) in [5, 5.41) is 0. The van der Waals surface area contributed by atoms with Crippen LogP contribution in [0.1, 0.15) is 0 Å². The average Bonchev–Trinajstić information content (AvgIpc) is 2.49. The maximum absolute atomic E-state index is 4.44. The van der Waals surface area contributed by atoms with Crippen molar-refractivity contribution in [2.75, 3.05) is 6.26 Å². The zero-order valence-electron chi connectivity index (χ0n) is 6.37. The molecule has 1 heterocycles. The summed E-state index contributed by atoms with van der Waals surface area (Å²) in [6.07, 6.45) is 2.05. The van der Waals surface area contributed by atoms with E-state index in [1.165, 1.54) is 4.70 Å². The van der Waals surface area contributed by atoms with Crippen molar-refractivity contribution in [3.8, 4) is 0 Å². The van der Waals surface area contributed by atoms with E-state index in [1.54, 1.807) is 23.1 Å². The minimum atomic E-state index is 1.08. The van der Waals surface area contributed by atoms with E-state index in [0.29, 0.717) is 0 Å². The van der Waals surface area contributed by atoms with Gasteiger partial charge in [0, 0.05) is 4.47 Å². The van der Waals surface area contributed by atoms with Crippen LogP contribution in [0.25, 0.3) is 10.2 Å². The summed E-state index contributed by atoms with van der Waals surface area (Å²) in [4.78, 5) is 4.44.